The van der Waals surface area contributed by atoms with Crippen LogP contribution in [0, 0.1) is 0 Å². The van der Waals surface area contributed by atoms with Crippen molar-refractivity contribution in [3.63, 3.8) is 0 Å². The first-order chi connectivity index (χ1) is 13.2. The summed E-state index contributed by atoms with van der Waals surface area (Å²) in [5.74, 6) is 0.852. The molecule has 3 aromatic rings. The molecule has 2 aromatic carbocycles. The van der Waals surface area contributed by atoms with E-state index in [-0.39, 0.29) is 11.9 Å². The van der Waals surface area contributed by atoms with Crippen LogP contribution in [-0.2, 0) is 0 Å². The Bertz CT molecular complexity index is 968. The Balaban J connectivity index is 1.72. The molecule has 27 heavy (non-hydrogen) atoms. The van der Waals surface area contributed by atoms with Crippen LogP contribution in [0.2, 0.25) is 5.02 Å². The van der Waals surface area contributed by atoms with Gasteiger partial charge in [-0.3, -0.25) is 4.79 Å². The summed E-state index contributed by atoms with van der Waals surface area (Å²) in [5, 5.41) is 2.40. The van der Waals surface area contributed by atoms with E-state index in [1.807, 2.05) is 40.6 Å². The van der Waals surface area contributed by atoms with Gasteiger partial charge in [-0.25, -0.2) is 0 Å². The van der Waals surface area contributed by atoms with Crippen LogP contribution in [0.3, 0.4) is 0 Å². The highest BCUT2D eigenvalue weighted by Gasteiger charge is 2.33. The molecule has 1 amide bonds. The van der Waals surface area contributed by atoms with Crippen molar-refractivity contribution >= 4 is 28.8 Å². The Kier molecular flexibility index (Phi) is 5.19. The van der Waals surface area contributed by atoms with Crippen LogP contribution >= 0.6 is 22.9 Å². The van der Waals surface area contributed by atoms with Crippen molar-refractivity contribution in [2.24, 2.45) is 0 Å². The Morgan fingerprint density at radius 1 is 1.19 bits per heavy atom. The van der Waals surface area contributed by atoms with Crippen molar-refractivity contribution in [1.82, 2.24) is 4.90 Å². The summed E-state index contributed by atoms with van der Waals surface area (Å²) in [6.07, 6.45) is 1.95. The Hall–Kier alpha value is -2.30. The molecule has 0 spiro atoms. The molecule has 138 valence electrons. The first-order valence-corrected chi connectivity index (χ1v) is 10.2. The van der Waals surface area contributed by atoms with Gasteiger partial charge in [0.15, 0.2) is 0 Å². The van der Waals surface area contributed by atoms with Crippen molar-refractivity contribution < 1.29 is 9.53 Å². The Labute approximate surface area is 168 Å². The van der Waals surface area contributed by atoms with Crippen molar-refractivity contribution in [3.8, 4) is 16.9 Å². The topological polar surface area (TPSA) is 29.5 Å². The molecule has 0 radical (unpaired) electrons. The summed E-state index contributed by atoms with van der Waals surface area (Å²) in [5.41, 5.74) is 3.40. The molecule has 4 rings (SSSR count). The van der Waals surface area contributed by atoms with E-state index in [1.54, 1.807) is 13.2 Å². The van der Waals surface area contributed by atoms with Gasteiger partial charge in [-0.05, 0) is 53.1 Å². The summed E-state index contributed by atoms with van der Waals surface area (Å²) in [6, 6.07) is 18.2. The lowest BCUT2D eigenvalue weighted by molar-refractivity contribution is 0.0741. The fourth-order valence-electron chi connectivity index (χ4n) is 3.75. The number of methoxy groups -OCH3 is 1. The van der Waals surface area contributed by atoms with Gasteiger partial charge < -0.3 is 9.64 Å². The zero-order chi connectivity index (χ0) is 18.8. The number of nitrogens with zero attached hydrogens (tertiary/aromatic N) is 1. The van der Waals surface area contributed by atoms with Gasteiger partial charge in [-0.15, -0.1) is 11.3 Å². The predicted molar refractivity (Wildman–Crippen MR) is 111 cm³/mol. The number of rotatable bonds is 4. The van der Waals surface area contributed by atoms with Crippen LogP contribution in [0.1, 0.15) is 34.1 Å². The van der Waals surface area contributed by atoms with E-state index < -0.39 is 0 Å². The van der Waals surface area contributed by atoms with Gasteiger partial charge in [0, 0.05) is 6.54 Å². The van der Waals surface area contributed by atoms with Crippen LogP contribution in [0.15, 0.2) is 60.0 Å². The molecule has 0 saturated carbocycles. The maximum absolute atomic E-state index is 13.1. The Morgan fingerprint density at radius 3 is 2.81 bits per heavy atom. The molecule has 1 aliphatic heterocycles. The zero-order valence-corrected chi connectivity index (χ0v) is 16.6. The lowest BCUT2D eigenvalue weighted by atomic mass is 9.93. The van der Waals surface area contributed by atoms with Crippen molar-refractivity contribution in [3.05, 3.63) is 75.4 Å². The van der Waals surface area contributed by atoms with Gasteiger partial charge in [0.1, 0.15) is 10.6 Å². The number of amides is 1. The molecule has 0 aliphatic carbocycles. The summed E-state index contributed by atoms with van der Waals surface area (Å²) < 4.78 is 5.39. The second-order valence-electron chi connectivity index (χ2n) is 6.57. The minimum atomic E-state index is 0.0259. The van der Waals surface area contributed by atoms with E-state index in [2.05, 4.69) is 18.2 Å². The number of benzene rings is 2. The number of hydrogen-bond donors (Lipinski definition) is 0. The molecule has 1 atom stereocenters. The largest absolute Gasteiger partial charge is 0.497 e. The van der Waals surface area contributed by atoms with Crippen LogP contribution < -0.4 is 4.74 Å². The van der Waals surface area contributed by atoms with Crippen molar-refractivity contribution in [2.45, 2.75) is 18.9 Å². The number of hydrogen-bond acceptors (Lipinski definition) is 3. The molecular formula is C22H20ClNO2S. The minimum Gasteiger partial charge on any atom is -0.497 e. The van der Waals surface area contributed by atoms with Crippen LogP contribution in [-0.4, -0.2) is 24.5 Å². The summed E-state index contributed by atoms with van der Waals surface area (Å²) in [4.78, 5) is 15.7. The number of ether oxygens (including phenoxy) is 1. The van der Waals surface area contributed by atoms with E-state index >= 15 is 0 Å². The van der Waals surface area contributed by atoms with Crippen molar-refractivity contribution in [1.29, 1.82) is 0 Å². The van der Waals surface area contributed by atoms with Crippen LogP contribution in [0.5, 0.6) is 5.75 Å². The van der Waals surface area contributed by atoms with Gasteiger partial charge in [0.05, 0.1) is 18.2 Å². The zero-order valence-electron chi connectivity index (χ0n) is 15.0. The van der Waals surface area contributed by atoms with E-state index in [0.29, 0.717) is 9.90 Å². The minimum absolute atomic E-state index is 0.0259. The molecular weight excluding hydrogens is 378 g/mol. The number of halogens is 1. The van der Waals surface area contributed by atoms with Crippen molar-refractivity contribution in [2.75, 3.05) is 13.7 Å². The molecule has 2 heterocycles. The maximum atomic E-state index is 13.1. The molecule has 0 unspecified atom stereocenters. The fraction of sp³-hybridized carbons (Fsp3) is 0.227. The smallest absolute Gasteiger partial charge is 0.265 e. The summed E-state index contributed by atoms with van der Waals surface area (Å²) in [7, 11) is 1.67. The molecule has 1 aliphatic rings. The highest BCUT2D eigenvalue weighted by atomic mass is 35.5. The standard InChI is InChI=1S/C22H20ClNO2S/c1-26-16-7-4-6-15(14-16)17-8-2-3-9-18(17)20-10-5-12-24(20)22(25)21-19(23)11-13-27-21/h2-4,6-9,11,13-14,20H,5,10,12H2,1H3/t20-/m1/s1. The SMILES string of the molecule is COc1cccc(-c2ccccc2[C@H]2CCCN2C(=O)c2sccc2Cl)c1. The molecule has 1 aromatic heterocycles. The molecule has 1 saturated heterocycles. The predicted octanol–water partition coefficient (Wildman–Crippen LogP) is 6.05. The molecule has 0 N–H and O–H groups in total. The van der Waals surface area contributed by atoms with Gasteiger partial charge >= 0.3 is 0 Å². The quantitative estimate of drug-likeness (QED) is 0.536. The summed E-state index contributed by atoms with van der Waals surface area (Å²) >= 11 is 7.62. The monoisotopic (exact) mass is 397 g/mol. The highest BCUT2D eigenvalue weighted by molar-refractivity contribution is 7.12. The van der Waals surface area contributed by atoms with Gasteiger partial charge in [-0.2, -0.15) is 0 Å². The number of carbonyl (C=O) groups excluding carboxylic acids is 1. The highest BCUT2D eigenvalue weighted by Crippen LogP contribution is 2.40. The van der Waals surface area contributed by atoms with Crippen LogP contribution in [0.4, 0.5) is 0 Å². The third-order valence-corrected chi connectivity index (χ3v) is 6.36. The lowest BCUT2D eigenvalue weighted by Crippen LogP contribution is -2.30. The molecule has 1 fully saturated rings. The third kappa shape index (κ3) is 3.47. The average Bonchev–Trinajstić information content (AvgIpc) is 3.36. The van der Waals surface area contributed by atoms with Gasteiger partial charge in [-0.1, -0.05) is 48.0 Å². The van der Waals surface area contributed by atoms with Gasteiger partial charge in [0.25, 0.3) is 5.91 Å². The van der Waals surface area contributed by atoms with E-state index in [1.165, 1.54) is 16.9 Å². The lowest BCUT2D eigenvalue weighted by Gasteiger charge is -2.27. The first-order valence-electron chi connectivity index (χ1n) is 8.96. The third-order valence-electron chi connectivity index (χ3n) is 5.03. The first kappa shape index (κ1) is 18.1. The van der Waals surface area contributed by atoms with E-state index in [0.717, 1.165) is 36.3 Å². The normalized spacial score (nSPS) is 16.5. The maximum Gasteiger partial charge on any atom is 0.265 e. The molecule has 0 bridgehead atoms. The van der Waals surface area contributed by atoms with Crippen LogP contribution in [0.25, 0.3) is 11.1 Å². The molecule has 5 heteroatoms. The Morgan fingerprint density at radius 2 is 2.04 bits per heavy atom. The summed E-state index contributed by atoms with van der Waals surface area (Å²) in [6.45, 7) is 0.754. The van der Waals surface area contributed by atoms with Gasteiger partial charge in [0.2, 0.25) is 0 Å². The second-order valence-corrected chi connectivity index (χ2v) is 7.90. The number of carbonyl (C=O) groups is 1. The average molecular weight is 398 g/mol. The number of thiophene rings is 1. The fourth-order valence-corrected chi connectivity index (χ4v) is 4.84. The molecule has 3 nitrogen and oxygen atoms in total. The number of likely N-dealkylation sites (tertiary alicyclic amines) is 1. The van der Waals surface area contributed by atoms with E-state index in [4.69, 9.17) is 16.3 Å². The second kappa shape index (κ2) is 7.75. The van der Waals surface area contributed by atoms with E-state index in [9.17, 15) is 4.79 Å².